The summed E-state index contributed by atoms with van der Waals surface area (Å²) in [6, 6.07) is 0. The van der Waals surface area contributed by atoms with Gasteiger partial charge in [-0.15, -0.1) is 0 Å². The van der Waals surface area contributed by atoms with Crippen LogP contribution in [0.3, 0.4) is 0 Å². The SMILES string of the molecule is OC1(C(C2CCC2)C2CCC2)C2CCCCC21. The Labute approximate surface area is 105 Å². The molecule has 0 aliphatic heterocycles. The smallest absolute Gasteiger partial charge is 0.0744 e. The molecule has 4 aliphatic carbocycles. The number of rotatable bonds is 3. The normalized spacial score (nSPS) is 46.2. The lowest BCUT2D eigenvalue weighted by Crippen LogP contribution is -2.43. The van der Waals surface area contributed by atoms with Crippen molar-refractivity contribution in [1.82, 2.24) is 0 Å². The van der Waals surface area contributed by atoms with Crippen LogP contribution < -0.4 is 0 Å². The molecular formula is C16H26O. The van der Waals surface area contributed by atoms with Gasteiger partial charge < -0.3 is 5.11 Å². The highest BCUT2D eigenvalue weighted by molar-refractivity contribution is 5.19. The van der Waals surface area contributed by atoms with E-state index in [-0.39, 0.29) is 5.60 Å². The third-order valence-electron chi connectivity index (χ3n) is 6.69. The highest BCUT2D eigenvalue weighted by Gasteiger charge is 2.69. The fourth-order valence-electron chi connectivity index (χ4n) is 5.37. The summed E-state index contributed by atoms with van der Waals surface area (Å²) >= 11 is 0. The quantitative estimate of drug-likeness (QED) is 0.788. The van der Waals surface area contributed by atoms with Crippen LogP contribution in [0.5, 0.6) is 0 Å². The predicted molar refractivity (Wildman–Crippen MR) is 68.6 cm³/mol. The molecule has 1 N–H and O–H groups in total. The lowest BCUT2D eigenvalue weighted by molar-refractivity contribution is -0.0515. The van der Waals surface area contributed by atoms with Crippen LogP contribution in [0.25, 0.3) is 0 Å². The van der Waals surface area contributed by atoms with E-state index in [1.54, 1.807) is 0 Å². The van der Waals surface area contributed by atoms with Gasteiger partial charge >= 0.3 is 0 Å². The largest absolute Gasteiger partial charge is 0.389 e. The second-order valence-electron chi connectivity index (χ2n) is 7.29. The van der Waals surface area contributed by atoms with Crippen LogP contribution >= 0.6 is 0 Å². The predicted octanol–water partition coefficient (Wildman–Crippen LogP) is 3.75. The fraction of sp³-hybridized carbons (Fsp3) is 1.00. The van der Waals surface area contributed by atoms with Crippen LogP contribution in [0.15, 0.2) is 0 Å². The summed E-state index contributed by atoms with van der Waals surface area (Å²) < 4.78 is 0. The first-order chi connectivity index (χ1) is 8.32. The van der Waals surface area contributed by atoms with Crippen LogP contribution in [0.1, 0.15) is 64.2 Å². The summed E-state index contributed by atoms with van der Waals surface area (Å²) in [6.07, 6.45) is 14.0. The number of hydrogen-bond donors (Lipinski definition) is 1. The zero-order valence-corrected chi connectivity index (χ0v) is 10.9. The Balaban J connectivity index is 1.56. The topological polar surface area (TPSA) is 20.2 Å². The third kappa shape index (κ3) is 1.41. The Kier molecular flexibility index (Phi) is 2.38. The van der Waals surface area contributed by atoms with Gasteiger partial charge in [-0.2, -0.15) is 0 Å². The van der Waals surface area contributed by atoms with Gasteiger partial charge in [0.2, 0.25) is 0 Å². The summed E-state index contributed by atoms with van der Waals surface area (Å²) in [7, 11) is 0. The first-order valence-corrected chi connectivity index (χ1v) is 8.04. The van der Waals surface area contributed by atoms with Crippen LogP contribution in [-0.2, 0) is 0 Å². The van der Waals surface area contributed by atoms with Crippen LogP contribution in [0.4, 0.5) is 0 Å². The lowest BCUT2D eigenvalue weighted by Gasteiger charge is -2.46. The molecular weight excluding hydrogens is 208 g/mol. The van der Waals surface area contributed by atoms with E-state index >= 15 is 0 Å². The van der Waals surface area contributed by atoms with Crippen LogP contribution in [0, 0.1) is 29.6 Å². The lowest BCUT2D eigenvalue weighted by atomic mass is 9.61. The minimum atomic E-state index is -0.188. The van der Waals surface area contributed by atoms with Crippen molar-refractivity contribution in [2.75, 3.05) is 0 Å². The standard InChI is InChI=1S/C16H26O/c17-16(13-9-1-2-10-14(13)16)15(11-5-3-6-11)12-7-4-8-12/h11-15,17H,1-10H2. The minimum Gasteiger partial charge on any atom is -0.389 e. The van der Waals surface area contributed by atoms with Gasteiger partial charge in [-0.1, -0.05) is 51.4 Å². The van der Waals surface area contributed by atoms with E-state index in [0.29, 0.717) is 17.8 Å². The van der Waals surface area contributed by atoms with E-state index in [4.69, 9.17) is 0 Å². The molecule has 0 heterocycles. The van der Waals surface area contributed by atoms with Gasteiger partial charge in [-0.3, -0.25) is 0 Å². The average molecular weight is 234 g/mol. The first kappa shape index (κ1) is 10.8. The monoisotopic (exact) mass is 234 g/mol. The first-order valence-electron chi connectivity index (χ1n) is 8.04. The molecule has 2 atom stereocenters. The molecule has 0 radical (unpaired) electrons. The second kappa shape index (κ2) is 3.73. The molecule has 0 aromatic rings. The summed E-state index contributed by atoms with van der Waals surface area (Å²) in [4.78, 5) is 0. The number of aliphatic hydroxyl groups is 1. The van der Waals surface area contributed by atoms with Crippen molar-refractivity contribution in [3.8, 4) is 0 Å². The van der Waals surface area contributed by atoms with Gasteiger partial charge in [0.05, 0.1) is 5.60 Å². The van der Waals surface area contributed by atoms with Crippen LogP contribution in [-0.4, -0.2) is 10.7 Å². The van der Waals surface area contributed by atoms with Crippen molar-refractivity contribution in [3.05, 3.63) is 0 Å². The highest BCUT2D eigenvalue weighted by Crippen LogP contribution is 2.67. The molecule has 0 spiro atoms. The molecule has 0 saturated heterocycles. The minimum absolute atomic E-state index is 0.188. The van der Waals surface area contributed by atoms with Gasteiger partial charge in [0.15, 0.2) is 0 Å². The van der Waals surface area contributed by atoms with Crippen molar-refractivity contribution in [1.29, 1.82) is 0 Å². The fourth-order valence-corrected chi connectivity index (χ4v) is 5.37. The molecule has 0 aromatic heterocycles. The van der Waals surface area contributed by atoms with E-state index in [1.165, 1.54) is 64.2 Å². The van der Waals surface area contributed by atoms with Gasteiger partial charge in [0, 0.05) is 0 Å². The van der Waals surface area contributed by atoms with Crippen molar-refractivity contribution >= 4 is 0 Å². The third-order valence-corrected chi connectivity index (χ3v) is 6.69. The summed E-state index contributed by atoms with van der Waals surface area (Å²) in [6.45, 7) is 0. The van der Waals surface area contributed by atoms with Crippen molar-refractivity contribution < 1.29 is 5.11 Å². The van der Waals surface area contributed by atoms with E-state index in [1.807, 2.05) is 0 Å². The number of fused-ring (bicyclic) bond motifs is 1. The summed E-state index contributed by atoms with van der Waals surface area (Å²) in [5.74, 6) is 3.93. The Morgan fingerprint density at radius 2 is 1.18 bits per heavy atom. The summed E-state index contributed by atoms with van der Waals surface area (Å²) in [5.41, 5.74) is -0.188. The zero-order chi connectivity index (χ0) is 11.5. The zero-order valence-electron chi connectivity index (χ0n) is 10.9. The Bertz CT molecular complexity index is 277. The molecule has 4 saturated carbocycles. The van der Waals surface area contributed by atoms with Gasteiger partial charge in [0.25, 0.3) is 0 Å². The maximum absolute atomic E-state index is 11.2. The molecule has 0 aromatic carbocycles. The molecule has 2 unspecified atom stereocenters. The Hall–Kier alpha value is -0.0400. The van der Waals surface area contributed by atoms with E-state index < -0.39 is 0 Å². The van der Waals surface area contributed by atoms with Crippen LogP contribution in [0.2, 0.25) is 0 Å². The molecule has 1 nitrogen and oxygen atoms in total. The Morgan fingerprint density at radius 1 is 0.706 bits per heavy atom. The van der Waals surface area contributed by atoms with Crippen molar-refractivity contribution in [2.24, 2.45) is 29.6 Å². The van der Waals surface area contributed by atoms with Gasteiger partial charge in [-0.05, 0) is 42.4 Å². The average Bonchev–Trinajstić information content (AvgIpc) is 2.81. The van der Waals surface area contributed by atoms with Gasteiger partial charge in [0.1, 0.15) is 0 Å². The van der Waals surface area contributed by atoms with Crippen molar-refractivity contribution in [3.63, 3.8) is 0 Å². The number of hydrogen-bond acceptors (Lipinski definition) is 1. The molecule has 4 aliphatic rings. The maximum atomic E-state index is 11.2. The molecule has 1 heteroatoms. The van der Waals surface area contributed by atoms with E-state index in [9.17, 15) is 5.11 Å². The molecule has 4 fully saturated rings. The Morgan fingerprint density at radius 3 is 1.53 bits per heavy atom. The maximum Gasteiger partial charge on any atom is 0.0744 e. The van der Waals surface area contributed by atoms with E-state index in [0.717, 1.165) is 11.8 Å². The second-order valence-corrected chi connectivity index (χ2v) is 7.29. The van der Waals surface area contributed by atoms with Gasteiger partial charge in [-0.25, -0.2) is 0 Å². The molecule has 17 heavy (non-hydrogen) atoms. The van der Waals surface area contributed by atoms with Crippen molar-refractivity contribution in [2.45, 2.75) is 69.8 Å². The molecule has 0 bridgehead atoms. The molecule has 0 amide bonds. The van der Waals surface area contributed by atoms with E-state index in [2.05, 4.69) is 0 Å². The highest BCUT2D eigenvalue weighted by atomic mass is 16.3. The summed E-state index contributed by atoms with van der Waals surface area (Å²) in [5, 5.41) is 11.2. The molecule has 4 rings (SSSR count). The molecule has 96 valence electrons.